The minimum atomic E-state index is -0.472. The van der Waals surface area contributed by atoms with E-state index < -0.39 is 6.09 Å². The first kappa shape index (κ1) is 24.9. The van der Waals surface area contributed by atoms with Crippen molar-refractivity contribution < 1.29 is 9.53 Å². The number of benzene rings is 2. The smallest absolute Gasteiger partial charge is 0.407 e. The molecule has 0 bridgehead atoms. The quantitative estimate of drug-likeness (QED) is 0.281. The zero-order valence-corrected chi connectivity index (χ0v) is 21.8. The van der Waals surface area contributed by atoms with Crippen LogP contribution in [0.3, 0.4) is 0 Å². The fourth-order valence-electron chi connectivity index (χ4n) is 4.34. The average Bonchev–Trinajstić information content (AvgIpc) is 3.74. The molecule has 0 fully saturated rings. The second-order valence-corrected chi connectivity index (χ2v) is 9.20. The van der Waals surface area contributed by atoms with E-state index in [2.05, 4.69) is 25.7 Å². The Morgan fingerprint density at radius 3 is 2.62 bits per heavy atom. The molecule has 0 spiro atoms. The van der Waals surface area contributed by atoms with Crippen LogP contribution in [0.5, 0.6) is 0 Å². The molecule has 6 aromatic rings. The number of alkyl carbamates (subject to hydrolysis) is 1. The molecule has 200 valence electrons. The monoisotopic (exact) mass is 533 g/mol. The summed E-state index contributed by atoms with van der Waals surface area (Å²) in [4.78, 5) is 25.9. The zero-order valence-electron chi connectivity index (χ0n) is 21.8. The Hall–Kier alpha value is -5.45. The number of amides is 1. The number of aryl methyl sites for hydroxylation is 1. The van der Waals surface area contributed by atoms with Crippen LogP contribution in [-0.2, 0) is 24.8 Å². The van der Waals surface area contributed by atoms with Crippen molar-refractivity contribution in [3.63, 3.8) is 0 Å². The van der Waals surface area contributed by atoms with E-state index in [1.54, 1.807) is 23.4 Å². The number of imidazole rings is 2. The summed E-state index contributed by atoms with van der Waals surface area (Å²) in [7, 11) is 1.88. The highest BCUT2D eigenvalue weighted by Crippen LogP contribution is 2.26. The van der Waals surface area contributed by atoms with E-state index in [4.69, 9.17) is 9.72 Å². The largest absolute Gasteiger partial charge is 0.445 e. The van der Waals surface area contributed by atoms with E-state index in [0.717, 1.165) is 33.9 Å². The van der Waals surface area contributed by atoms with Crippen molar-refractivity contribution in [1.29, 1.82) is 0 Å². The zero-order chi connectivity index (χ0) is 27.3. The van der Waals surface area contributed by atoms with Crippen LogP contribution in [0.1, 0.15) is 11.3 Å². The van der Waals surface area contributed by atoms with Crippen molar-refractivity contribution in [2.45, 2.75) is 13.0 Å². The van der Waals surface area contributed by atoms with Crippen molar-refractivity contribution in [3.05, 3.63) is 109 Å². The first-order valence-corrected chi connectivity index (χ1v) is 12.8. The molecule has 0 atom stereocenters. The summed E-state index contributed by atoms with van der Waals surface area (Å²) in [5.74, 6) is 0.606. The lowest BCUT2D eigenvalue weighted by molar-refractivity contribution is 0.140. The lowest BCUT2D eigenvalue weighted by Crippen LogP contribution is -2.26. The molecule has 0 unspecified atom stereocenters. The van der Waals surface area contributed by atoms with Crippen LogP contribution in [0.4, 0.5) is 16.3 Å². The van der Waals surface area contributed by atoms with E-state index in [1.165, 1.54) is 0 Å². The number of hydrogen-bond donors (Lipinski definition) is 2. The Bertz CT molecular complexity index is 1720. The SMILES string of the molecule is Cn1cc(-c2cnc3c(Nc4ccc(-n5ccnc5)cc4)nc(CCNC(=O)OCc4ccccc4)cn23)cn1. The average molecular weight is 534 g/mol. The van der Waals surface area contributed by atoms with Crippen molar-refractivity contribution in [3.8, 4) is 16.9 Å². The summed E-state index contributed by atoms with van der Waals surface area (Å²) in [5, 5.41) is 10.5. The Kier molecular flexibility index (Phi) is 6.91. The maximum Gasteiger partial charge on any atom is 0.407 e. The van der Waals surface area contributed by atoms with E-state index in [1.807, 2.05) is 95.4 Å². The van der Waals surface area contributed by atoms with Gasteiger partial charge >= 0.3 is 6.09 Å². The Morgan fingerprint density at radius 2 is 1.88 bits per heavy atom. The topological polar surface area (TPSA) is 116 Å². The molecule has 0 radical (unpaired) electrons. The van der Waals surface area contributed by atoms with Crippen LogP contribution in [-0.4, -0.2) is 46.3 Å². The number of carbonyl (C=O) groups is 1. The number of ether oxygens (including phenoxy) is 1. The summed E-state index contributed by atoms with van der Waals surface area (Å²) in [6, 6.07) is 17.5. The predicted molar refractivity (Wildman–Crippen MR) is 150 cm³/mol. The third-order valence-corrected chi connectivity index (χ3v) is 6.34. The van der Waals surface area contributed by atoms with Gasteiger partial charge in [0.2, 0.25) is 0 Å². The summed E-state index contributed by atoms with van der Waals surface area (Å²) < 4.78 is 11.0. The van der Waals surface area contributed by atoms with Gasteiger partial charge in [-0.3, -0.25) is 9.08 Å². The van der Waals surface area contributed by atoms with Gasteiger partial charge in [0.05, 0.1) is 30.1 Å². The van der Waals surface area contributed by atoms with Crippen LogP contribution in [0.15, 0.2) is 98.1 Å². The van der Waals surface area contributed by atoms with Gasteiger partial charge < -0.3 is 19.9 Å². The number of carbonyl (C=O) groups excluding carboxylic acids is 1. The van der Waals surface area contributed by atoms with Gasteiger partial charge in [0.25, 0.3) is 0 Å². The number of fused-ring (bicyclic) bond motifs is 1. The number of nitrogens with zero attached hydrogens (tertiary/aromatic N) is 7. The van der Waals surface area contributed by atoms with Crippen LogP contribution in [0.2, 0.25) is 0 Å². The molecule has 0 aliphatic heterocycles. The first-order valence-electron chi connectivity index (χ1n) is 12.8. The van der Waals surface area contributed by atoms with Crippen molar-refractivity contribution in [1.82, 2.24) is 39.0 Å². The molecule has 2 N–H and O–H groups in total. The molecule has 0 saturated heterocycles. The van der Waals surface area contributed by atoms with E-state index in [0.29, 0.717) is 24.4 Å². The first-order chi connectivity index (χ1) is 19.6. The number of rotatable bonds is 9. The van der Waals surface area contributed by atoms with Gasteiger partial charge in [-0.2, -0.15) is 5.10 Å². The molecule has 1 amide bonds. The highest BCUT2D eigenvalue weighted by molar-refractivity contribution is 5.74. The summed E-state index contributed by atoms with van der Waals surface area (Å²) in [6.45, 7) is 0.580. The third-order valence-electron chi connectivity index (χ3n) is 6.34. The maximum atomic E-state index is 12.2. The van der Waals surface area contributed by atoms with Crippen LogP contribution in [0, 0.1) is 0 Å². The molecule has 0 saturated carbocycles. The number of anilines is 2. The number of hydrogen-bond acceptors (Lipinski definition) is 7. The molecule has 40 heavy (non-hydrogen) atoms. The van der Waals surface area contributed by atoms with Crippen molar-refractivity contribution >= 4 is 23.2 Å². The Balaban J connectivity index is 1.22. The van der Waals surface area contributed by atoms with Gasteiger partial charge in [-0.25, -0.2) is 19.7 Å². The number of aromatic nitrogens is 7. The number of nitrogens with one attached hydrogen (secondary N) is 2. The molecule has 4 aromatic heterocycles. The summed E-state index contributed by atoms with van der Waals surface area (Å²) in [6.07, 6.45) is 12.9. The Labute approximate surface area is 230 Å². The minimum absolute atomic E-state index is 0.216. The van der Waals surface area contributed by atoms with E-state index in [-0.39, 0.29) is 6.61 Å². The van der Waals surface area contributed by atoms with Gasteiger partial charge in [0.1, 0.15) is 6.61 Å². The van der Waals surface area contributed by atoms with E-state index >= 15 is 0 Å². The molecule has 11 nitrogen and oxygen atoms in total. The highest BCUT2D eigenvalue weighted by Gasteiger charge is 2.15. The van der Waals surface area contributed by atoms with Gasteiger partial charge in [0, 0.05) is 61.7 Å². The molecule has 0 aliphatic rings. The van der Waals surface area contributed by atoms with Crippen LogP contribution in [0.25, 0.3) is 22.6 Å². The van der Waals surface area contributed by atoms with Crippen molar-refractivity contribution in [2.75, 3.05) is 11.9 Å². The van der Waals surface area contributed by atoms with Gasteiger partial charge in [0.15, 0.2) is 11.5 Å². The van der Waals surface area contributed by atoms with Crippen LogP contribution < -0.4 is 10.6 Å². The molecular weight excluding hydrogens is 506 g/mol. The standard InChI is InChI=1S/C29H27N9O2/c1-36-17-22(15-33-36)26-16-32-28-27(34-23-7-9-25(10-8-23)37-14-13-30-20-37)35-24(18-38(26)28)11-12-31-29(39)40-19-21-5-3-2-4-6-21/h2-10,13-18,20H,11-12,19H2,1H3,(H,31,39)(H,34,35). The van der Waals surface area contributed by atoms with Gasteiger partial charge in [-0.05, 0) is 29.8 Å². The molecular formula is C29H27N9O2. The molecule has 6 rings (SSSR count). The molecule has 4 heterocycles. The Morgan fingerprint density at radius 1 is 1.02 bits per heavy atom. The van der Waals surface area contributed by atoms with E-state index in [9.17, 15) is 4.79 Å². The normalized spacial score (nSPS) is 11.0. The fourth-order valence-corrected chi connectivity index (χ4v) is 4.34. The summed E-state index contributed by atoms with van der Waals surface area (Å²) >= 11 is 0. The fraction of sp³-hybridized carbons (Fsp3) is 0.138. The lowest BCUT2D eigenvalue weighted by atomic mass is 10.2. The second-order valence-electron chi connectivity index (χ2n) is 9.20. The third kappa shape index (κ3) is 5.53. The molecule has 0 aliphatic carbocycles. The van der Waals surface area contributed by atoms with Crippen LogP contribution >= 0.6 is 0 Å². The highest BCUT2D eigenvalue weighted by atomic mass is 16.5. The second kappa shape index (κ2) is 11.1. The van der Waals surface area contributed by atoms with Gasteiger partial charge in [-0.1, -0.05) is 30.3 Å². The predicted octanol–water partition coefficient (Wildman–Crippen LogP) is 4.53. The minimum Gasteiger partial charge on any atom is -0.445 e. The lowest BCUT2D eigenvalue weighted by Gasteiger charge is -2.12. The summed E-state index contributed by atoms with van der Waals surface area (Å²) in [5.41, 5.74) is 6.07. The van der Waals surface area contributed by atoms with Gasteiger partial charge in [-0.15, -0.1) is 0 Å². The van der Waals surface area contributed by atoms with Crippen molar-refractivity contribution in [2.24, 2.45) is 7.05 Å². The maximum absolute atomic E-state index is 12.2. The molecule has 11 heteroatoms. The molecule has 2 aromatic carbocycles.